The summed E-state index contributed by atoms with van der Waals surface area (Å²) >= 11 is 0. The van der Waals surface area contributed by atoms with Crippen LogP contribution in [0.25, 0.3) is 0 Å². The van der Waals surface area contributed by atoms with Crippen molar-refractivity contribution < 1.29 is 28.2 Å². The second-order valence-corrected chi connectivity index (χ2v) is 6.27. The monoisotopic (exact) mass is 303 g/mol. The fourth-order valence-electron chi connectivity index (χ4n) is 1.59. The van der Waals surface area contributed by atoms with E-state index in [2.05, 4.69) is 0 Å². The number of aliphatic hydroxyl groups is 1. The molecule has 8 heteroatoms. The maximum Gasteiger partial charge on any atom is 0.335 e. The number of nitrogens with zero attached hydrogens (tertiary/aromatic N) is 1. The van der Waals surface area contributed by atoms with Gasteiger partial charge in [-0.3, -0.25) is 0 Å². The highest BCUT2D eigenvalue weighted by molar-refractivity contribution is 7.89. The van der Waals surface area contributed by atoms with E-state index in [9.17, 15) is 18.3 Å². The summed E-state index contributed by atoms with van der Waals surface area (Å²) in [5.41, 5.74) is 0.00557. The number of methoxy groups -OCH3 is 1. The van der Waals surface area contributed by atoms with E-state index in [1.807, 2.05) is 0 Å². The largest absolute Gasteiger partial charge is 0.478 e. The van der Waals surface area contributed by atoms with Crippen molar-refractivity contribution in [1.82, 2.24) is 4.31 Å². The van der Waals surface area contributed by atoms with Gasteiger partial charge in [0.15, 0.2) is 0 Å². The molecule has 0 amide bonds. The van der Waals surface area contributed by atoms with Gasteiger partial charge in [0.25, 0.3) is 0 Å². The molecule has 0 heterocycles. The van der Waals surface area contributed by atoms with Gasteiger partial charge in [-0.15, -0.1) is 0 Å². The van der Waals surface area contributed by atoms with Crippen molar-refractivity contribution in [3.63, 3.8) is 0 Å². The zero-order valence-electron chi connectivity index (χ0n) is 11.2. The minimum Gasteiger partial charge on any atom is -0.478 e. The van der Waals surface area contributed by atoms with Gasteiger partial charge in [-0.25, -0.2) is 13.2 Å². The number of ether oxygens (including phenoxy) is 1. The first-order valence-corrected chi connectivity index (χ1v) is 7.19. The second kappa shape index (κ2) is 6.80. The number of benzene rings is 1. The Bertz CT molecular complexity index is 554. The van der Waals surface area contributed by atoms with Crippen molar-refractivity contribution in [2.45, 2.75) is 11.0 Å². The van der Waals surface area contributed by atoms with Gasteiger partial charge in [-0.2, -0.15) is 4.31 Å². The zero-order chi connectivity index (χ0) is 15.3. The minimum absolute atomic E-state index is 0.00557. The maximum atomic E-state index is 12.2. The summed E-state index contributed by atoms with van der Waals surface area (Å²) in [6.07, 6.45) is -0.932. The van der Waals surface area contributed by atoms with Crippen LogP contribution in [-0.4, -0.2) is 62.3 Å². The van der Waals surface area contributed by atoms with Gasteiger partial charge >= 0.3 is 5.97 Å². The van der Waals surface area contributed by atoms with Crippen LogP contribution in [0.5, 0.6) is 0 Å². The topological polar surface area (TPSA) is 104 Å². The SMILES string of the molecule is COCC(O)CN(C)S(=O)(=O)c1ccc(C(=O)O)cc1. The molecule has 0 spiro atoms. The molecule has 1 atom stereocenters. The standard InChI is InChI=1S/C12H17NO6S/c1-13(7-10(14)8-19-2)20(17,18)11-5-3-9(4-6-11)12(15)16/h3-6,10,14H,7-8H2,1-2H3,(H,15,16). The predicted molar refractivity (Wildman–Crippen MR) is 71.1 cm³/mol. The fourth-order valence-corrected chi connectivity index (χ4v) is 2.80. The molecule has 1 aromatic rings. The lowest BCUT2D eigenvalue weighted by atomic mass is 10.2. The summed E-state index contributed by atoms with van der Waals surface area (Å²) in [5.74, 6) is -1.13. The Morgan fingerprint density at radius 3 is 2.35 bits per heavy atom. The third-order valence-corrected chi connectivity index (χ3v) is 4.47. The molecule has 1 unspecified atom stereocenters. The van der Waals surface area contributed by atoms with Crippen LogP contribution in [0.1, 0.15) is 10.4 Å². The normalized spacial score (nSPS) is 13.4. The van der Waals surface area contributed by atoms with Crippen molar-refractivity contribution in [1.29, 1.82) is 0 Å². The third-order valence-electron chi connectivity index (χ3n) is 2.64. The summed E-state index contributed by atoms with van der Waals surface area (Å²) in [4.78, 5) is 10.7. The third kappa shape index (κ3) is 4.01. The van der Waals surface area contributed by atoms with Crippen LogP contribution in [0.3, 0.4) is 0 Å². The first-order chi connectivity index (χ1) is 9.28. The Kier molecular flexibility index (Phi) is 5.63. The van der Waals surface area contributed by atoms with Crippen LogP contribution in [0.15, 0.2) is 29.2 Å². The molecule has 20 heavy (non-hydrogen) atoms. The van der Waals surface area contributed by atoms with Crippen LogP contribution in [-0.2, 0) is 14.8 Å². The molecular formula is C12H17NO6S. The summed E-state index contributed by atoms with van der Waals surface area (Å²) in [6.45, 7) is -0.0886. The van der Waals surface area contributed by atoms with E-state index in [-0.39, 0.29) is 23.6 Å². The number of carbonyl (C=O) groups is 1. The molecule has 2 N–H and O–H groups in total. The van der Waals surface area contributed by atoms with Gasteiger partial charge in [0.2, 0.25) is 10.0 Å². The van der Waals surface area contributed by atoms with Crippen LogP contribution < -0.4 is 0 Å². The molecule has 0 saturated carbocycles. The Hall–Kier alpha value is -1.48. The molecule has 0 bridgehead atoms. The Balaban J connectivity index is 2.89. The van der Waals surface area contributed by atoms with E-state index in [1.165, 1.54) is 38.4 Å². The number of carboxylic acids is 1. The number of likely N-dealkylation sites (N-methyl/N-ethyl adjacent to an activating group) is 1. The lowest BCUT2D eigenvalue weighted by Gasteiger charge is -2.20. The van der Waals surface area contributed by atoms with Gasteiger partial charge in [0, 0.05) is 20.7 Å². The average molecular weight is 303 g/mol. The highest BCUT2D eigenvalue weighted by Crippen LogP contribution is 2.15. The molecular weight excluding hydrogens is 286 g/mol. The summed E-state index contributed by atoms with van der Waals surface area (Å²) in [6, 6.07) is 4.87. The van der Waals surface area contributed by atoms with Crippen LogP contribution in [0.2, 0.25) is 0 Å². The quantitative estimate of drug-likeness (QED) is 0.735. The maximum absolute atomic E-state index is 12.2. The summed E-state index contributed by atoms with van der Waals surface area (Å²) < 4.78 is 30.1. The molecule has 7 nitrogen and oxygen atoms in total. The first-order valence-electron chi connectivity index (χ1n) is 5.75. The molecule has 0 saturated heterocycles. The molecule has 0 aliphatic rings. The van der Waals surface area contributed by atoms with Gasteiger partial charge in [-0.05, 0) is 24.3 Å². The number of hydrogen-bond donors (Lipinski definition) is 2. The summed E-state index contributed by atoms with van der Waals surface area (Å²) in [7, 11) is -1.03. The van der Waals surface area contributed by atoms with Gasteiger partial charge < -0.3 is 14.9 Å². The van der Waals surface area contributed by atoms with Crippen molar-refractivity contribution in [2.24, 2.45) is 0 Å². The van der Waals surface area contributed by atoms with Crippen molar-refractivity contribution in [3.05, 3.63) is 29.8 Å². The molecule has 1 aromatic carbocycles. The number of aromatic carboxylic acids is 1. The highest BCUT2D eigenvalue weighted by atomic mass is 32.2. The van der Waals surface area contributed by atoms with E-state index in [0.717, 1.165) is 4.31 Å². The molecule has 0 aliphatic heterocycles. The Morgan fingerprint density at radius 2 is 1.90 bits per heavy atom. The number of aliphatic hydroxyl groups excluding tert-OH is 1. The Labute approximate surface area is 117 Å². The molecule has 112 valence electrons. The number of rotatable bonds is 7. The average Bonchev–Trinajstić information content (AvgIpc) is 2.38. The zero-order valence-corrected chi connectivity index (χ0v) is 12.0. The smallest absolute Gasteiger partial charge is 0.335 e. The number of sulfonamides is 1. The highest BCUT2D eigenvalue weighted by Gasteiger charge is 2.23. The van der Waals surface area contributed by atoms with E-state index >= 15 is 0 Å². The van der Waals surface area contributed by atoms with Crippen molar-refractivity contribution >= 4 is 16.0 Å². The lowest BCUT2D eigenvalue weighted by molar-refractivity contribution is 0.0554. The van der Waals surface area contributed by atoms with Crippen LogP contribution in [0.4, 0.5) is 0 Å². The fraction of sp³-hybridized carbons (Fsp3) is 0.417. The van der Waals surface area contributed by atoms with Crippen LogP contribution >= 0.6 is 0 Å². The van der Waals surface area contributed by atoms with E-state index in [0.29, 0.717) is 0 Å². The van der Waals surface area contributed by atoms with Gasteiger partial charge in [0.1, 0.15) is 0 Å². The molecule has 0 radical (unpaired) electrons. The number of hydrogen-bond acceptors (Lipinski definition) is 5. The van der Waals surface area contributed by atoms with Gasteiger partial charge in [-0.1, -0.05) is 0 Å². The number of carboxylic acid groups (broad SMARTS) is 1. The second-order valence-electron chi connectivity index (χ2n) is 4.22. The van der Waals surface area contributed by atoms with E-state index in [1.54, 1.807) is 0 Å². The molecule has 0 aliphatic carbocycles. The molecule has 0 fully saturated rings. The molecule has 1 rings (SSSR count). The Morgan fingerprint density at radius 1 is 1.35 bits per heavy atom. The van der Waals surface area contributed by atoms with E-state index < -0.39 is 22.1 Å². The van der Waals surface area contributed by atoms with Crippen molar-refractivity contribution in [2.75, 3.05) is 27.3 Å². The van der Waals surface area contributed by atoms with Crippen molar-refractivity contribution in [3.8, 4) is 0 Å². The van der Waals surface area contributed by atoms with E-state index in [4.69, 9.17) is 9.84 Å². The van der Waals surface area contributed by atoms with Crippen LogP contribution in [0, 0.1) is 0 Å². The first kappa shape index (κ1) is 16.6. The van der Waals surface area contributed by atoms with Gasteiger partial charge in [0.05, 0.1) is 23.2 Å². The predicted octanol–water partition coefficient (Wildman–Crippen LogP) is 0.0126. The molecule has 0 aromatic heterocycles. The lowest BCUT2D eigenvalue weighted by Crippen LogP contribution is -2.36. The summed E-state index contributed by atoms with van der Waals surface area (Å²) in [5, 5.41) is 18.3. The minimum atomic E-state index is -3.77.